The van der Waals surface area contributed by atoms with Crippen molar-refractivity contribution in [2.45, 2.75) is 75.1 Å². The van der Waals surface area contributed by atoms with Crippen molar-refractivity contribution < 1.29 is 54.4 Å². The number of hydrogen-bond donors (Lipinski definition) is 8. The largest absolute Gasteiger partial charge is 0.394 e. The van der Waals surface area contributed by atoms with Gasteiger partial charge in [0, 0.05) is 13.8 Å². The van der Waals surface area contributed by atoms with Crippen LogP contribution in [0.15, 0.2) is 0 Å². The van der Waals surface area contributed by atoms with Gasteiger partial charge in [0.15, 0.2) is 12.6 Å². The standard InChI is InChI=1S/C16H28N2O11/c1-5(21)17-9-13(25)14(8(4-20)27-15(9)26)29-16-10(18-6(2)22)12(24)11(23)7(3-19)28-16/h7-16,19-20,23-26H,3-4H2,1-2H3,(H,17,21)(H,18,22)/t7?,8?,9-,10-,11+,12+,13+,14+,15+,16-/m0/s1. The van der Waals surface area contributed by atoms with Crippen LogP contribution in [0.2, 0.25) is 0 Å². The average molecular weight is 424 g/mol. The maximum atomic E-state index is 11.5. The zero-order valence-corrected chi connectivity index (χ0v) is 15.9. The average Bonchev–Trinajstić information content (AvgIpc) is 2.65. The van der Waals surface area contributed by atoms with Crippen LogP contribution in [0.4, 0.5) is 0 Å². The van der Waals surface area contributed by atoms with Crippen molar-refractivity contribution >= 4 is 11.8 Å². The second kappa shape index (κ2) is 10.1. The topological polar surface area (TPSA) is 207 Å². The van der Waals surface area contributed by atoms with E-state index in [9.17, 15) is 40.2 Å². The zero-order chi connectivity index (χ0) is 21.9. The van der Waals surface area contributed by atoms with Crippen LogP contribution in [0.25, 0.3) is 0 Å². The van der Waals surface area contributed by atoms with E-state index in [1.807, 2.05) is 0 Å². The van der Waals surface area contributed by atoms with Crippen LogP contribution < -0.4 is 10.6 Å². The molecule has 2 saturated heterocycles. The molecular formula is C16H28N2O11. The highest BCUT2D eigenvalue weighted by Gasteiger charge is 2.51. The monoisotopic (exact) mass is 424 g/mol. The summed E-state index contributed by atoms with van der Waals surface area (Å²) in [5.74, 6) is -1.14. The van der Waals surface area contributed by atoms with E-state index < -0.39 is 86.3 Å². The molecule has 0 aliphatic carbocycles. The van der Waals surface area contributed by atoms with Crippen LogP contribution in [0.3, 0.4) is 0 Å². The van der Waals surface area contributed by atoms with E-state index in [0.717, 1.165) is 13.8 Å². The van der Waals surface area contributed by atoms with E-state index in [2.05, 4.69) is 10.6 Å². The molecule has 0 aromatic rings. The third-order valence-corrected chi connectivity index (χ3v) is 4.78. The summed E-state index contributed by atoms with van der Waals surface area (Å²) in [6.45, 7) is 0.962. The first kappa shape index (κ1) is 23.9. The zero-order valence-electron chi connectivity index (χ0n) is 15.9. The fraction of sp³-hybridized carbons (Fsp3) is 0.875. The number of amides is 2. The minimum absolute atomic E-state index is 0.568. The molecule has 2 aliphatic rings. The summed E-state index contributed by atoms with van der Waals surface area (Å²) in [6, 6.07) is -2.59. The maximum Gasteiger partial charge on any atom is 0.217 e. The van der Waals surface area contributed by atoms with Gasteiger partial charge >= 0.3 is 0 Å². The summed E-state index contributed by atoms with van der Waals surface area (Å²) in [6.07, 6.45) is -11.7. The summed E-state index contributed by atoms with van der Waals surface area (Å²) in [5.41, 5.74) is 0. The number of hydrogen-bond acceptors (Lipinski definition) is 11. The lowest BCUT2D eigenvalue weighted by atomic mass is 9.94. The highest BCUT2D eigenvalue weighted by molar-refractivity contribution is 5.73. The molecule has 168 valence electrons. The smallest absolute Gasteiger partial charge is 0.217 e. The SMILES string of the molecule is CC(=O)N[C@@H]1[C@H](O[C@@H]2C(CO)O[C@@H](O)[C@@H](NC(C)=O)[C@H]2O)OC(CO)[C@@H](O)[C@@H]1O. The molecule has 2 aliphatic heterocycles. The summed E-state index contributed by atoms with van der Waals surface area (Å²) in [7, 11) is 0. The second-order valence-electron chi connectivity index (χ2n) is 7.00. The van der Waals surface area contributed by atoms with Gasteiger partial charge in [0.1, 0.15) is 48.7 Å². The predicted octanol–water partition coefficient (Wildman–Crippen LogP) is -5.11. The molecule has 0 aromatic carbocycles. The molecule has 13 nitrogen and oxygen atoms in total. The van der Waals surface area contributed by atoms with Crippen molar-refractivity contribution in [3.05, 3.63) is 0 Å². The summed E-state index contributed by atoms with van der Waals surface area (Å²) in [5, 5.41) is 64.5. The highest BCUT2D eigenvalue weighted by Crippen LogP contribution is 2.28. The van der Waals surface area contributed by atoms with Gasteiger partial charge in [-0.25, -0.2) is 0 Å². The predicted molar refractivity (Wildman–Crippen MR) is 91.8 cm³/mol. The Morgan fingerprint density at radius 1 is 0.828 bits per heavy atom. The van der Waals surface area contributed by atoms with Gasteiger partial charge in [-0.2, -0.15) is 0 Å². The molecule has 10 atom stereocenters. The molecule has 0 aromatic heterocycles. The molecule has 2 rings (SSSR count). The second-order valence-corrected chi connectivity index (χ2v) is 7.00. The number of carbonyl (C=O) groups excluding carboxylic acids is 2. The first-order valence-corrected chi connectivity index (χ1v) is 9.05. The Kier molecular flexibility index (Phi) is 8.28. The summed E-state index contributed by atoms with van der Waals surface area (Å²) in [4.78, 5) is 22.8. The fourth-order valence-electron chi connectivity index (χ4n) is 3.38. The molecule has 0 bridgehead atoms. The molecule has 0 spiro atoms. The van der Waals surface area contributed by atoms with Gasteiger partial charge in [-0.1, -0.05) is 0 Å². The van der Waals surface area contributed by atoms with Crippen LogP contribution in [0.5, 0.6) is 0 Å². The number of aliphatic hydroxyl groups excluding tert-OH is 6. The Hall–Kier alpha value is -1.42. The molecule has 2 heterocycles. The fourth-order valence-corrected chi connectivity index (χ4v) is 3.38. The Morgan fingerprint density at radius 2 is 1.38 bits per heavy atom. The maximum absolute atomic E-state index is 11.5. The van der Waals surface area contributed by atoms with Crippen molar-refractivity contribution in [1.82, 2.24) is 10.6 Å². The Labute approximate surface area is 166 Å². The molecule has 2 unspecified atom stereocenters. The molecule has 2 amide bonds. The van der Waals surface area contributed by atoms with Crippen molar-refractivity contribution in [2.24, 2.45) is 0 Å². The highest BCUT2D eigenvalue weighted by atomic mass is 16.7. The van der Waals surface area contributed by atoms with Gasteiger partial charge in [0.05, 0.1) is 13.2 Å². The quantitative estimate of drug-likeness (QED) is 0.202. The minimum atomic E-state index is -1.64. The normalized spacial score (nSPS) is 42.9. The Balaban J connectivity index is 2.26. The van der Waals surface area contributed by atoms with E-state index in [1.54, 1.807) is 0 Å². The van der Waals surface area contributed by atoms with Gasteiger partial charge in [-0.3, -0.25) is 9.59 Å². The minimum Gasteiger partial charge on any atom is -0.394 e. The molecule has 0 saturated carbocycles. The molecule has 2 fully saturated rings. The van der Waals surface area contributed by atoms with Crippen LogP contribution in [-0.4, -0.2) is 117 Å². The molecule has 0 radical (unpaired) electrons. The molecule has 8 N–H and O–H groups in total. The van der Waals surface area contributed by atoms with Gasteiger partial charge in [0.2, 0.25) is 11.8 Å². The Morgan fingerprint density at radius 3 is 1.90 bits per heavy atom. The third-order valence-electron chi connectivity index (χ3n) is 4.78. The van der Waals surface area contributed by atoms with Crippen LogP contribution in [0.1, 0.15) is 13.8 Å². The number of aliphatic hydroxyl groups is 6. The number of ether oxygens (including phenoxy) is 3. The lowest BCUT2D eigenvalue weighted by Crippen LogP contribution is -2.69. The van der Waals surface area contributed by atoms with E-state index in [-0.39, 0.29) is 0 Å². The van der Waals surface area contributed by atoms with Crippen LogP contribution in [0, 0.1) is 0 Å². The number of carbonyl (C=O) groups is 2. The van der Waals surface area contributed by atoms with Crippen molar-refractivity contribution in [1.29, 1.82) is 0 Å². The first-order valence-electron chi connectivity index (χ1n) is 9.05. The van der Waals surface area contributed by atoms with Gasteiger partial charge < -0.3 is 55.5 Å². The van der Waals surface area contributed by atoms with E-state index in [1.165, 1.54) is 0 Å². The van der Waals surface area contributed by atoms with E-state index >= 15 is 0 Å². The first-order chi connectivity index (χ1) is 13.6. The Bertz CT molecular complexity index is 579. The lowest BCUT2D eigenvalue weighted by molar-refractivity contribution is -0.327. The lowest BCUT2D eigenvalue weighted by Gasteiger charge is -2.47. The number of nitrogens with one attached hydrogen (secondary N) is 2. The van der Waals surface area contributed by atoms with Gasteiger partial charge in [0.25, 0.3) is 0 Å². The van der Waals surface area contributed by atoms with E-state index in [4.69, 9.17) is 14.2 Å². The van der Waals surface area contributed by atoms with Gasteiger partial charge in [-0.15, -0.1) is 0 Å². The summed E-state index contributed by atoms with van der Waals surface area (Å²) < 4.78 is 16.3. The van der Waals surface area contributed by atoms with E-state index in [0.29, 0.717) is 0 Å². The summed E-state index contributed by atoms with van der Waals surface area (Å²) >= 11 is 0. The van der Waals surface area contributed by atoms with Crippen LogP contribution >= 0.6 is 0 Å². The van der Waals surface area contributed by atoms with Gasteiger partial charge in [-0.05, 0) is 0 Å². The van der Waals surface area contributed by atoms with Crippen LogP contribution in [-0.2, 0) is 23.8 Å². The molecule has 13 heteroatoms. The van der Waals surface area contributed by atoms with Crippen molar-refractivity contribution in [3.63, 3.8) is 0 Å². The van der Waals surface area contributed by atoms with Crippen molar-refractivity contribution in [3.8, 4) is 0 Å². The third kappa shape index (κ3) is 5.39. The molecular weight excluding hydrogens is 396 g/mol. The number of rotatable bonds is 6. The molecule has 29 heavy (non-hydrogen) atoms. The van der Waals surface area contributed by atoms with Crippen molar-refractivity contribution in [2.75, 3.05) is 13.2 Å².